The zero-order valence-electron chi connectivity index (χ0n) is 21.8. The molecular formula is C26H33N7O3S. The summed E-state index contributed by atoms with van der Waals surface area (Å²) in [4.78, 5) is 20.1. The molecule has 1 saturated heterocycles. The Morgan fingerprint density at radius 1 is 1.22 bits per heavy atom. The van der Waals surface area contributed by atoms with Crippen molar-refractivity contribution in [2.24, 2.45) is 0 Å². The van der Waals surface area contributed by atoms with E-state index in [9.17, 15) is 4.79 Å². The van der Waals surface area contributed by atoms with E-state index in [1.165, 1.54) is 6.92 Å². The number of hydrogen-bond donors (Lipinski definition) is 3. The average molecular weight is 524 g/mol. The predicted molar refractivity (Wildman–Crippen MR) is 148 cm³/mol. The minimum atomic E-state index is -0.0805. The average Bonchev–Trinajstić information content (AvgIpc) is 3.50. The third-order valence-electron chi connectivity index (χ3n) is 5.81. The Kier molecular flexibility index (Phi) is 8.03. The number of ketones is 1. The summed E-state index contributed by atoms with van der Waals surface area (Å²) in [6.07, 6.45) is 4.41. The van der Waals surface area contributed by atoms with E-state index in [-0.39, 0.29) is 23.7 Å². The van der Waals surface area contributed by atoms with Gasteiger partial charge in [0.1, 0.15) is 17.3 Å². The van der Waals surface area contributed by atoms with Crippen molar-refractivity contribution in [3.8, 4) is 11.5 Å². The molecule has 0 aromatic carbocycles. The monoisotopic (exact) mass is 523 g/mol. The lowest BCUT2D eigenvalue weighted by molar-refractivity contribution is -0.116. The normalized spacial score (nSPS) is 15.3. The van der Waals surface area contributed by atoms with Crippen LogP contribution in [0.5, 0.6) is 11.5 Å². The largest absolute Gasteiger partial charge is 0.456 e. The molecular weight excluding hydrogens is 490 g/mol. The summed E-state index contributed by atoms with van der Waals surface area (Å²) >= 11 is 5.56. The summed E-state index contributed by atoms with van der Waals surface area (Å²) < 4.78 is 13.6. The number of rotatable bonds is 8. The Labute approximate surface area is 222 Å². The minimum absolute atomic E-state index is 0.0396. The fourth-order valence-corrected chi connectivity index (χ4v) is 4.26. The molecule has 3 N–H and O–H groups in total. The van der Waals surface area contributed by atoms with Gasteiger partial charge in [0.15, 0.2) is 16.7 Å². The Balaban J connectivity index is 1.45. The molecule has 0 spiro atoms. The Morgan fingerprint density at radius 2 is 2.03 bits per heavy atom. The highest BCUT2D eigenvalue weighted by Gasteiger charge is 2.28. The van der Waals surface area contributed by atoms with Crippen LogP contribution in [0.25, 0.3) is 0 Å². The summed E-state index contributed by atoms with van der Waals surface area (Å²) in [5.41, 5.74) is 2.39. The van der Waals surface area contributed by atoms with Crippen molar-refractivity contribution in [2.45, 2.75) is 52.0 Å². The fraction of sp³-hybridized carbons (Fsp3) is 0.423. The SMILES string of the molecule is CNc1cc(Oc2ccnc(CC(C)=O)c2)cnc1NC(=S)Nc1cc(C(C)(C)C)n([C@H]2CCOC2)n1. The maximum absolute atomic E-state index is 11.4. The van der Waals surface area contributed by atoms with Crippen LogP contribution in [0, 0.1) is 0 Å². The van der Waals surface area contributed by atoms with Gasteiger partial charge in [-0.2, -0.15) is 5.10 Å². The lowest BCUT2D eigenvalue weighted by Gasteiger charge is -2.22. The van der Waals surface area contributed by atoms with Crippen LogP contribution in [0.1, 0.15) is 51.5 Å². The standard InChI is InChI=1S/C26H33N7O3S/c1-16(34)10-17-11-19(6-8-28-17)36-20-12-21(27-5)24(29-14-20)31-25(37)30-23-13-22(26(2,3)4)33(32-23)18-7-9-35-15-18/h6,8,11-14,18,27H,7,9-10,15H2,1-5H3,(H2,29,30,31,32,37)/t18-/m0/s1. The molecule has 3 aromatic heterocycles. The molecule has 1 aliphatic rings. The molecule has 10 nitrogen and oxygen atoms in total. The van der Waals surface area contributed by atoms with Gasteiger partial charge in [-0.25, -0.2) is 4.98 Å². The van der Waals surface area contributed by atoms with Gasteiger partial charge in [-0.15, -0.1) is 0 Å². The molecule has 0 saturated carbocycles. The van der Waals surface area contributed by atoms with Crippen molar-refractivity contribution in [1.29, 1.82) is 0 Å². The molecule has 0 bridgehead atoms. The van der Waals surface area contributed by atoms with Crippen molar-refractivity contribution in [1.82, 2.24) is 19.7 Å². The van der Waals surface area contributed by atoms with E-state index in [0.29, 0.717) is 46.2 Å². The van der Waals surface area contributed by atoms with Crippen molar-refractivity contribution >= 4 is 40.4 Å². The number of carbonyl (C=O) groups is 1. The van der Waals surface area contributed by atoms with Gasteiger partial charge in [0.05, 0.1) is 30.2 Å². The quantitative estimate of drug-likeness (QED) is 0.359. The molecule has 0 unspecified atom stereocenters. The first-order valence-corrected chi connectivity index (χ1v) is 12.6. The third kappa shape index (κ3) is 6.80. The van der Waals surface area contributed by atoms with Gasteiger partial charge >= 0.3 is 0 Å². The summed E-state index contributed by atoms with van der Waals surface area (Å²) in [5.74, 6) is 2.35. The van der Waals surface area contributed by atoms with Crippen LogP contribution in [-0.4, -0.2) is 50.9 Å². The first kappa shape index (κ1) is 26.5. The number of nitrogens with one attached hydrogen (secondary N) is 3. The van der Waals surface area contributed by atoms with Crippen LogP contribution in [0.4, 0.5) is 17.3 Å². The number of nitrogens with zero attached hydrogens (tertiary/aromatic N) is 4. The number of carbonyl (C=O) groups excluding carboxylic acids is 1. The number of hydrogen-bond acceptors (Lipinski definition) is 8. The Bertz CT molecular complexity index is 1280. The molecule has 196 valence electrons. The second-order valence-electron chi connectivity index (χ2n) is 9.99. The summed E-state index contributed by atoms with van der Waals surface area (Å²) in [7, 11) is 1.79. The van der Waals surface area contributed by atoms with E-state index in [4.69, 9.17) is 26.8 Å². The molecule has 3 aromatic rings. The van der Waals surface area contributed by atoms with Crippen LogP contribution < -0.4 is 20.7 Å². The molecule has 1 atom stereocenters. The number of ether oxygens (including phenoxy) is 2. The van der Waals surface area contributed by atoms with Crippen molar-refractivity contribution in [3.05, 3.63) is 48.0 Å². The zero-order valence-corrected chi connectivity index (χ0v) is 22.6. The van der Waals surface area contributed by atoms with Gasteiger partial charge in [-0.05, 0) is 31.6 Å². The highest BCUT2D eigenvalue weighted by molar-refractivity contribution is 7.80. The number of pyridine rings is 2. The maximum Gasteiger partial charge on any atom is 0.177 e. The molecule has 1 aliphatic heterocycles. The van der Waals surface area contributed by atoms with Crippen molar-refractivity contribution in [2.75, 3.05) is 36.2 Å². The van der Waals surface area contributed by atoms with Crippen LogP contribution in [0.2, 0.25) is 0 Å². The molecule has 11 heteroatoms. The highest BCUT2D eigenvalue weighted by Crippen LogP contribution is 2.31. The number of anilines is 3. The zero-order chi connectivity index (χ0) is 26.6. The predicted octanol–water partition coefficient (Wildman–Crippen LogP) is 4.71. The van der Waals surface area contributed by atoms with Gasteiger partial charge in [0, 0.05) is 55.6 Å². The van der Waals surface area contributed by atoms with Crippen LogP contribution >= 0.6 is 12.2 Å². The van der Waals surface area contributed by atoms with E-state index in [0.717, 1.165) is 18.7 Å². The third-order valence-corrected chi connectivity index (χ3v) is 6.02. The molecule has 0 aliphatic carbocycles. The van der Waals surface area contributed by atoms with Crippen LogP contribution in [0.3, 0.4) is 0 Å². The smallest absolute Gasteiger partial charge is 0.177 e. The molecule has 4 heterocycles. The maximum atomic E-state index is 11.4. The van der Waals surface area contributed by atoms with Crippen molar-refractivity contribution in [3.63, 3.8) is 0 Å². The van der Waals surface area contributed by atoms with E-state index in [1.54, 1.807) is 31.6 Å². The summed E-state index contributed by atoms with van der Waals surface area (Å²) in [6, 6.07) is 7.54. The molecule has 1 fully saturated rings. The number of aromatic nitrogens is 4. The summed E-state index contributed by atoms with van der Waals surface area (Å²) in [6.45, 7) is 9.44. The highest BCUT2D eigenvalue weighted by atomic mass is 32.1. The molecule has 0 radical (unpaired) electrons. The fourth-order valence-electron chi connectivity index (χ4n) is 4.06. The van der Waals surface area contributed by atoms with Crippen LogP contribution in [0.15, 0.2) is 36.7 Å². The second kappa shape index (κ2) is 11.2. The minimum Gasteiger partial charge on any atom is -0.456 e. The van der Waals surface area contributed by atoms with E-state index in [2.05, 4.69) is 51.4 Å². The lowest BCUT2D eigenvalue weighted by Crippen LogP contribution is -2.22. The molecule has 0 amide bonds. The number of thiocarbonyl (C=S) groups is 1. The van der Waals surface area contributed by atoms with Gasteiger partial charge in [-0.3, -0.25) is 14.5 Å². The van der Waals surface area contributed by atoms with Crippen molar-refractivity contribution < 1.29 is 14.3 Å². The second-order valence-corrected chi connectivity index (χ2v) is 10.4. The lowest BCUT2D eigenvalue weighted by atomic mass is 9.91. The Hall–Kier alpha value is -3.57. The molecule has 4 rings (SSSR count). The van der Waals surface area contributed by atoms with E-state index >= 15 is 0 Å². The first-order chi connectivity index (χ1) is 17.6. The molecule has 37 heavy (non-hydrogen) atoms. The van der Waals surface area contributed by atoms with E-state index < -0.39 is 0 Å². The van der Waals surface area contributed by atoms with Gasteiger partial charge in [-0.1, -0.05) is 20.8 Å². The van der Waals surface area contributed by atoms with E-state index in [1.807, 2.05) is 12.1 Å². The topological polar surface area (TPSA) is 115 Å². The van der Waals surface area contributed by atoms with Gasteiger partial charge in [0.2, 0.25) is 0 Å². The van der Waals surface area contributed by atoms with Gasteiger partial charge in [0.25, 0.3) is 0 Å². The first-order valence-electron chi connectivity index (χ1n) is 12.2. The van der Waals surface area contributed by atoms with Crippen LogP contribution in [-0.2, 0) is 21.4 Å². The van der Waals surface area contributed by atoms with Gasteiger partial charge < -0.3 is 25.4 Å². The Morgan fingerprint density at radius 3 is 2.70 bits per heavy atom. The number of Topliss-reactive ketones (excluding diaryl/α,β-unsaturated/α-hetero) is 1. The summed E-state index contributed by atoms with van der Waals surface area (Å²) in [5, 5.41) is 14.6.